The van der Waals surface area contributed by atoms with Crippen LogP contribution in [0.25, 0.3) is 0 Å². The Morgan fingerprint density at radius 3 is 2.95 bits per heavy atom. The molecule has 0 N–H and O–H groups in total. The van der Waals surface area contributed by atoms with Gasteiger partial charge in [0.05, 0.1) is 30.6 Å². The van der Waals surface area contributed by atoms with Gasteiger partial charge in [0, 0.05) is 31.2 Å². The Labute approximate surface area is 128 Å². The van der Waals surface area contributed by atoms with Crippen molar-refractivity contribution in [2.75, 3.05) is 25.5 Å². The highest BCUT2D eigenvalue weighted by Gasteiger charge is 2.50. The highest BCUT2D eigenvalue weighted by atomic mass is 32.2. The summed E-state index contributed by atoms with van der Waals surface area (Å²) in [6, 6.07) is 3.91. The van der Waals surface area contributed by atoms with Crippen molar-refractivity contribution >= 4 is 17.7 Å². The summed E-state index contributed by atoms with van der Waals surface area (Å²) >= 11 is 1.89. The minimum atomic E-state index is -0.562. The van der Waals surface area contributed by atoms with E-state index in [4.69, 9.17) is 4.74 Å². The van der Waals surface area contributed by atoms with Crippen molar-refractivity contribution in [3.05, 3.63) is 30.1 Å². The lowest BCUT2D eigenvalue weighted by atomic mass is 9.92. The molecule has 0 saturated carbocycles. The summed E-state index contributed by atoms with van der Waals surface area (Å²) in [7, 11) is 0. The van der Waals surface area contributed by atoms with E-state index in [9.17, 15) is 9.18 Å². The fourth-order valence-corrected chi connectivity index (χ4v) is 4.44. The summed E-state index contributed by atoms with van der Waals surface area (Å²) in [5.74, 6) is 0.904. The van der Waals surface area contributed by atoms with E-state index in [2.05, 4.69) is 4.98 Å². The van der Waals surface area contributed by atoms with E-state index < -0.39 is 6.67 Å². The zero-order valence-corrected chi connectivity index (χ0v) is 12.7. The molecule has 1 aromatic rings. The summed E-state index contributed by atoms with van der Waals surface area (Å²) in [5, 5.41) is 0. The number of thioether (sulfide) groups is 1. The van der Waals surface area contributed by atoms with Crippen LogP contribution in [0.1, 0.15) is 18.4 Å². The number of amides is 1. The second-order valence-electron chi connectivity index (χ2n) is 5.68. The Morgan fingerprint density at radius 2 is 2.24 bits per heavy atom. The maximum atomic E-state index is 12.2. The van der Waals surface area contributed by atoms with Crippen LogP contribution in [0.3, 0.4) is 0 Å². The molecule has 0 aliphatic carbocycles. The quantitative estimate of drug-likeness (QED) is 0.835. The predicted molar refractivity (Wildman–Crippen MR) is 79.8 cm³/mol. The van der Waals surface area contributed by atoms with Crippen molar-refractivity contribution < 1.29 is 13.9 Å². The van der Waals surface area contributed by atoms with E-state index in [0.29, 0.717) is 6.61 Å². The highest BCUT2D eigenvalue weighted by molar-refractivity contribution is 8.01. The van der Waals surface area contributed by atoms with Crippen LogP contribution in [0.15, 0.2) is 24.5 Å². The van der Waals surface area contributed by atoms with Crippen molar-refractivity contribution in [1.82, 2.24) is 9.88 Å². The molecule has 2 saturated heterocycles. The largest absolute Gasteiger partial charge is 0.373 e. The Kier molecular flexibility index (Phi) is 4.45. The van der Waals surface area contributed by atoms with E-state index in [0.717, 1.165) is 30.8 Å². The molecule has 0 unspecified atom stereocenters. The summed E-state index contributed by atoms with van der Waals surface area (Å²) in [4.78, 5) is 17.3. The normalized spacial score (nSPS) is 23.3. The molecular formula is C15H19FN2O2S. The van der Waals surface area contributed by atoms with Gasteiger partial charge >= 0.3 is 0 Å². The van der Waals surface area contributed by atoms with E-state index in [1.807, 2.05) is 23.9 Å². The number of likely N-dealkylation sites (tertiary alicyclic amines) is 1. The molecule has 2 aliphatic rings. The molecule has 1 amide bonds. The monoisotopic (exact) mass is 310 g/mol. The van der Waals surface area contributed by atoms with Crippen molar-refractivity contribution in [1.29, 1.82) is 0 Å². The molecule has 21 heavy (non-hydrogen) atoms. The number of ether oxygens (including phenoxy) is 1. The number of halogens is 1. The zero-order chi connectivity index (χ0) is 14.7. The number of nitrogens with zero attached hydrogens (tertiary/aromatic N) is 2. The number of hydrogen-bond donors (Lipinski definition) is 0. The number of hydrogen-bond acceptors (Lipinski definition) is 4. The van der Waals surface area contributed by atoms with Gasteiger partial charge in [-0.1, -0.05) is 0 Å². The van der Waals surface area contributed by atoms with E-state index in [1.54, 1.807) is 17.3 Å². The first-order valence-electron chi connectivity index (χ1n) is 7.19. The third-order valence-electron chi connectivity index (χ3n) is 4.03. The van der Waals surface area contributed by atoms with Gasteiger partial charge in [0.15, 0.2) is 0 Å². The molecule has 0 bridgehead atoms. The van der Waals surface area contributed by atoms with Gasteiger partial charge in [0.25, 0.3) is 0 Å². The van der Waals surface area contributed by atoms with Crippen LogP contribution < -0.4 is 0 Å². The lowest BCUT2D eigenvalue weighted by Crippen LogP contribution is -2.60. The van der Waals surface area contributed by atoms with Gasteiger partial charge in [-0.25, -0.2) is 0 Å². The van der Waals surface area contributed by atoms with Crippen molar-refractivity contribution in [2.45, 2.75) is 30.3 Å². The minimum Gasteiger partial charge on any atom is -0.373 e. The fraction of sp³-hybridized carbons (Fsp3) is 0.600. The molecule has 3 heterocycles. The number of alkyl halides is 1. The average Bonchev–Trinajstić information content (AvgIpc) is 2.89. The van der Waals surface area contributed by atoms with Gasteiger partial charge in [-0.3, -0.25) is 14.2 Å². The van der Waals surface area contributed by atoms with Crippen molar-refractivity contribution in [3.8, 4) is 0 Å². The van der Waals surface area contributed by atoms with E-state index in [1.165, 1.54) is 0 Å². The number of carbonyl (C=O) groups excluding carboxylic acids is 1. The summed E-state index contributed by atoms with van der Waals surface area (Å²) in [5.41, 5.74) is 1.13. The summed E-state index contributed by atoms with van der Waals surface area (Å²) in [6.07, 6.45) is 4.76. The van der Waals surface area contributed by atoms with Crippen LogP contribution in [0.5, 0.6) is 0 Å². The predicted octanol–water partition coefficient (Wildman–Crippen LogP) is 2.04. The maximum Gasteiger partial charge on any atom is 0.225 e. The van der Waals surface area contributed by atoms with Gasteiger partial charge in [-0.05, 0) is 24.1 Å². The van der Waals surface area contributed by atoms with Gasteiger partial charge in [-0.15, -0.1) is 11.8 Å². The van der Waals surface area contributed by atoms with Gasteiger partial charge < -0.3 is 9.64 Å². The molecule has 3 rings (SSSR count). The van der Waals surface area contributed by atoms with Crippen LogP contribution in [0, 0.1) is 0 Å². The first kappa shape index (κ1) is 14.8. The minimum absolute atomic E-state index is 0.0166. The summed E-state index contributed by atoms with van der Waals surface area (Å²) in [6.45, 7) is 1.53. The lowest BCUT2D eigenvalue weighted by molar-refractivity contribution is -0.137. The Hall–Kier alpha value is -1.14. The topological polar surface area (TPSA) is 42.4 Å². The highest BCUT2D eigenvalue weighted by Crippen LogP contribution is 2.46. The fourth-order valence-electron chi connectivity index (χ4n) is 2.89. The number of aromatic nitrogens is 1. The molecule has 0 radical (unpaired) electrons. The Balaban J connectivity index is 1.43. The molecule has 0 aromatic carbocycles. The van der Waals surface area contributed by atoms with Crippen LogP contribution in [0.2, 0.25) is 0 Å². The third kappa shape index (κ3) is 3.37. The Bertz CT molecular complexity index is 494. The molecule has 4 nitrogen and oxygen atoms in total. The standard InChI is InChI=1S/C15H19FN2O2S/c16-4-1-14(19)18-10-15(11-18)7-13(9-21-15)20-8-12-2-5-17-6-3-12/h2-3,5-6,13H,1,4,7-11H2/t13-/m1/s1. The van der Waals surface area contributed by atoms with Crippen molar-refractivity contribution in [2.24, 2.45) is 0 Å². The van der Waals surface area contributed by atoms with Gasteiger partial charge in [-0.2, -0.15) is 0 Å². The average molecular weight is 310 g/mol. The van der Waals surface area contributed by atoms with Crippen molar-refractivity contribution in [3.63, 3.8) is 0 Å². The van der Waals surface area contributed by atoms with Gasteiger partial charge in [0.2, 0.25) is 5.91 Å². The first-order chi connectivity index (χ1) is 10.2. The lowest BCUT2D eigenvalue weighted by Gasteiger charge is -2.47. The zero-order valence-electron chi connectivity index (χ0n) is 11.8. The van der Waals surface area contributed by atoms with Crippen LogP contribution in [0.4, 0.5) is 4.39 Å². The molecule has 114 valence electrons. The molecule has 2 fully saturated rings. The van der Waals surface area contributed by atoms with E-state index in [-0.39, 0.29) is 23.2 Å². The molecule has 2 aliphatic heterocycles. The maximum absolute atomic E-state index is 12.2. The van der Waals surface area contributed by atoms with Gasteiger partial charge in [0.1, 0.15) is 0 Å². The second-order valence-corrected chi connectivity index (χ2v) is 7.16. The molecule has 1 spiro atoms. The molecule has 1 atom stereocenters. The molecule has 1 aromatic heterocycles. The van der Waals surface area contributed by atoms with Crippen LogP contribution in [-0.4, -0.2) is 52.2 Å². The molecule has 6 heteroatoms. The molecular weight excluding hydrogens is 291 g/mol. The van der Waals surface area contributed by atoms with E-state index >= 15 is 0 Å². The van der Waals surface area contributed by atoms with Crippen LogP contribution >= 0.6 is 11.8 Å². The third-order valence-corrected chi connectivity index (χ3v) is 5.60. The Morgan fingerprint density at radius 1 is 1.48 bits per heavy atom. The summed E-state index contributed by atoms with van der Waals surface area (Å²) < 4.78 is 18.3. The first-order valence-corrected chi connectivity index (χ1v) is 8.17. The van der Waals surface area contributed by atoms with Crippen LogP contribution in [-0.2, 0) is 16.1 Å². The number of pyridine rings is 1. The number of rotatable bonds is 5. The number of carbonyl (C=O) groups is 1. The SMILES string of the molecule is O=C(CCF)N1CC2(C[C@@H](OCc3ccncc3)CS2)C1. The second kappa shape index (κ2) is 6.32. The smallest absolute Gasteiger partial charge is 0.225 e.